The Kier molecular flexibility index (Phi) is 2.31. The van der Waals surface area contributed by atoms with Crippen molar-refractivity contribution in [3.8, 4) is 0 Å². The van der Waals surface area contributed by atoms with Crippen LogP contribution in [0, 0.1) is 5.92 Å². The number of methoxy groups -OCH3 is 1. The van der Waals surface area contributed by atoms with Crippen molar-refractivity contribution < 1.29 is 14.3 Å². The van der Waals surface area contributed by atoms with Gasteiger partial charge < -0.3 is 4.74 Å². The van der Waals surface area contributed by atoms with Crippen molar-refractivity contribution in [1.29, 1.82) is 0 Å². The number of Topliss-reactive ketones (excluding diaryl/α,β-unsaturated/α-hetero) is 1. The Morgan fingerprint density at radius 2 is 2.21 bits per heavy atom. The Balaban J connectivity index is 2.22. The fraction of sp³-hybridized carbons (Fsp3) is 0.800. The fourth-order valence-corrected chi connectivity index (χ4v) is 2.68. The van der Waals surface area contributed by atoms with Gasteiger partial charge in [-0.15, -0.1) is 0 Å². The van der Waals surface area contributed by atoms with Gasteiger partial charge >= 0.3 is 5.97 Å². The molecule has 2 saturated heterocycles. The highest BCUT2D eigenvalue weighted by molar-refractivity contribution is 6.00. The lowest BCUT2D eigenvalue weighted by Crippen LogP contribution is -2.50. The monoisotopic (exact) mass is 197 g/mol. The van der Waals surface area contributed by atoms with E-state index in [1.807, 2.05) is 7.05 Å². The number of rotatable bonds is 1. The molecule has 0 amide bonds. The van der Waals surface area contributed by atoms with E-state index in [4.69, 9.17) is 0 Å². The van der Waals surface area contributed by atoms with Gasteiger partial charge in [-0.2, -0.15) is 0 Å². The second-order valence-electron chi connectivity index (χ2n) is 4.14. The average molecular weight is 197 g/mol. The molecule has 0 aromatic heterocycles. The minimum absolute atomic E-state index is 0.0578. The molecule has 2 fully saturated rings. The molecule has 14 heavy (non-hydrogen) atoms. The summed E-state index contributed by atoms with van der Waals surface area (Å²) in [7, 11) is 3.33. The summed E-state index contributed by atoms with van der Waals surface area (Å²) < 4.78 is 4.67. The first-order valence-corrected chi connectivity index (χ1v) is 4.97. The van der Waals surface area contributed by atoms with Crippen LogP contribution in [0.4, 0.5) is 0 Å². The van der Waals surface area contributed by atoms with Gasteiger partial charge in [0.15, 0.2) is 0 Å². The van der Waals surface area contributed by atoms with Crippen molar-refractivity contribution in [3.63, 3.8) is 0 Å². The molecular weight excluding hydrogens is 182 g/mol. The smallest absolute Gasteiger partial charge is 0.317 e. The highest BCUT2D eigenvalue weighted by atomic mass is 16.5. The van der Waals surface area contributed by atoms with Crippen LogP contribution in [0.3, 0.4) is 0 Å². The molecule has 78 valence electrons. The van der Waals surface area contributed by atoms with Crippen LogP contribution in [0.2, 0.25) is 0 Å². The maximum atomic E-state index is 11.7. The summed E-state index contributed by atoms with van der Waals surface area (Å²) in [4.78, 5) is 25.3. The van der Waals surface area contributed by atoms with E-state index < -0.39 is 5.92 Å². The molecule has 2 rings (SSSR count). The SMILES string of the molecule is COC(=O)C1C(=O)CC2CCC1N2C. The van der Waals surface area contributed by atoms with E-state index in [-0.39, 0.29) is 17.8 Å². The molecule has 3 atom stereocenters. The number of ether oxygens (including phenoxy) is 1. The second-order valence-corrected chi connectivity index (χ2v) is 4.14. The standard InChI is InChI=1S/C10H15NO3/c1-11-6-3-4-7(11)9(8(12)5-6)10(13)14-2/h6-7,9H,3-5H2,1-2H3. The van der Waals surface area contributed by atoms with Crippen molar-refractivity contribution in [1.82, 2.24) is 4.90 Å². The zero-order valence-corrected chi connectivity index (χ0v) is 8.53. The summed E-state index contributed by atoms with van der Waals surface area (Å²) in [6.07, 6.45) is 2.47. The topological polar surface area (TPSA) is 46.6 Å². The van der Waals surface area contributed by atoms with Gasteiger partial charge in [-0.05, 0) is 19.9 Å². The first-order chi connectivity index (χ1) is 6.65. The van der Waals surface area contributed by atoms with Crippen LogP contribution >= 0.6 is 0 Å². The molecule has 0 aromatic carbocycles. The fourth-order valence-electron chi connectivity index (χ4n) is 2.68. The zero-order valence-electron chi connectivity index (χ0n) is 8.53. The maximum Gasteiger partial charge on any atom is 0.317 e. The Bertz CT molecular complexity index is 277. The van der Waals surface area contributed by atoms with Crippen LogP contribution in [0.25, 0.3) is 0 Å². The maximum absolute atomic E-state index is 11.7. The minimum Gasteiger partial charge on any atom is -0.468 e. The first kappa shape index (κ1) is 9.65. The molecule has 0 N–H and O–H groups in total. The van der Waals surface area contributed by atoms with Crippen molar-refractivity contribution in [2.75, 3.05) is 14.2 Å². The normalized spacial score (nSPS) is 37.3. The zero-order chi connectivity index (χ0) is 10.3. The van der Waals surface area contributed by atoms with E-state index in [2.05, 4.69) is 9.64 Å². The quantitative estimate of drug-likeness (QED) is 0.445. The molecule has 0 saturated carbocycles. The molecule has 0 aromatic rings. The third-order valence-corrected chi connectivity index (χ3v) is 3.52. The number of carbonyl (C=O) groups excluding carboxylic acids is 2. The van der Waals surface area contributed by atoms with Gasteiger partial charge in [-0.25, -0.2) is 0 Å². The van der Waals surface area contributed by atoms with Crippen LogP contribution in [0.5, 0.6) is 0 Å². The number of fused-ring (bicyclic) bond motifs is 2. The first-order valence-electron chi connectivity index (χ1n) is 4.97. The predicted molar refractivity (Wildman–Crippen MR) is 49.7 cm³/mol. The highest BCUT2D eigenvalue weighted by Gasteiger charge is 2.48. The lowest BCUT2D eigenvalue weighted by molar-refractivity contribution is -0.154. The molecule has 0 aliphatic carbocycles. The van der Waals surface area contributed by atoms with Gasteiger partial charge in [0.2, 0.25) is 0 Å². The molecule has 4 heteroatoms. The molecule has 2 heterocycles. The lowest BCUT2D eigenvalue weighted by Gasteiger charge is -2.34. The van der Waals surface area contributed by atoms with Crippen molar-refractivity contribution in [2.45, 2.75) is 31.3 Å². The number of hydrogen-bond acceptors (Lipinski definition) is 4. The van der Waals surface area contributed by atoms with Gasteiger partial charge in [0, 0.05) is 18.5 Å². The third-order valence-electron chi connectivity index (χ3n) is 3.52. The van der Waals surface area contributed by atoms with Gasteiger partial charge in [-0.3, -0.25) is 14.5 Å². The summed E-state index contributed by atoms with van der Waals surface area (Å²) in [5, 5.41) is 0. The van der Waals surface area contributed by atoms with Gasteiger partial charge in [0.05, 0.1) is 7.11 Å². The largest absolute Gasteiger partial charge is 0.468 e. The molecule has 3 unspecified atom stereocenters. The van der Waals surface area contributed by atoms with E-state index >= 15 is 0 Å². The summed E-state index contributed by atoms with van der Waals surface area (Å²) in [5.74, 6) is -0.849. The van der Waals surface area contributed by atoms with Gasteiger partial charge in [0.25, 0.3) is 0 Å². The highest BCUT2D eigenvalue weighted by Crippen LogP contribution is 2.36. The van der Waals surface area contributed by atoms with Crippen LogP contribution in [0.15, 0.2) is 0 Å². The summed E-state index contributed by atoms with van der Waals surface area (Å²) in [5.41, 5.74) is 0. The van der Waals surface area contributed by atoms with E-state index in [1.54, 1.807) is 0 Å². The van der Waals surface area contributed by atoms with E-state index in [1.165, 1.54) is 7.11 Å². The molecule has 0 radical (unpaired) electrons. The summed E-state index contributed by atoms with van der Waals surface area (Å²) in [6.45, 7) is 0. The van der Waals surface area contributed by atoms with Crippen molar-refractivity contribution in [3.05, 3.63) is 0 Å². The van der Waals surface area contributed by atoms with Gasteiger partial charge in [-0.1, -0.05) is 0 Å². The summed E-state index contributed by atoms with van der Waals surface area (Å²) >= 11 is 0. The Labute approximate surface area is 83.2 Å². The Morgan fingerprint density at radius 1 is 1.50 bits per heavy atom. The summed E-state index contributed by atoms with van der Waals surface area (Å²) in [6, 6.07) is 0.433. The van der Waals surface area contributed by atoms with Gasteiger partial charge in [0.1, 0.15) is 11.7 Å². The molecule has 2 bridgehead atoms. The number of nitrogens with zero attached hydrogens (tertiary/aromatic N) is 1. The molecule has 2 aliphatic heterocycles. The Hall–Kier alpha value is -0.900. The number of piperidine rings is 1. The number of hydrogen-bond donors (Lipinski definition) is 0. The lowest BCUT2D eigenvalue weighted by atomic mass is 9.89. The molecule has 2 aliphatic rings. The van der Waals surface area contributed by atoms with E-state index in [9.17, 15) is 9.59 Å². The number of esters is 1. The van der Waals surface area contributed by atoms with E-state index in [0.29, 0.717) is 12.5 Å². The second kappa shape index (κ2) is 3.35. The molecule has 4 nitrogen and oxygen atoms in total. The van der Waals surface area contributed by atoms with Crippen molar-refractivity contribution >= 4 is 11.8 Å². The van der Waals surface area contributed by atoms with Crippen LogP contribution in [0.1, 0.15) is 19.3 Å². The predicted octanol–water partition coefficient (Wildman–Crippen LogP) is 0.211. The molecule has 0 spiro atoms. The Morgan fingerprint density at radius 3 is 2.86 bits per heavy atom. The van der Waals surface area contributed by atoms with Crippen LogP contribution in [-0.4, -0.2) is 42.9 Å². The van der Waals surface area contributed by atoms with Crippen LogP contribution in [-0.2, 0) is 14.3 Å². The minimum atomic E-state index is -0.538. The van der Waals surface area contributed by atoms with Crippen LogP contribution < -0.4 is 0 Å². The molecular formula is C10H15NO3. The van der Waals surface area contributed by atoms with E-state index in [0.717, 1.165) is 12.8 Å². The van der Waals surface area contributed by atoms with Crippen molar-refractivity contribution in [2.24, 2.45) is 5.92 Å². The third kappa shape index (κ3) is 1.25. The number of ketones is 1. The average Bonchev–Trinajstić information content (AvgIpc) is 2.42. The number of carbonyl (C=O) groups is 2.